The van der Waals surface area contributed by atoms with Crippen LogP contribution in [0.3, 0.4) is 0 Å². The largest absolute Gasteiger partial charge is 0.494 e. The molecular formula is C23H30N2O4S. The van der Waals surface area contributed by atoms with Crippen LogP contribution < -0.4 is 10.5 Å². The van der Waals surface area contributed by atoms with Gasteiger partial charge in [0.1, 0.15) is 11.5 Å². The lowest BCUT2D eigenvalue weighted by molar-refractivity contribution is -0.115. The summed E-state index contributed by atoms with van der Waals surface area (Å²) in [5.41, 5.74) is 7.64. The molecule has 0 radical (unpaired) electrons. The fourth-order valence-corrected chi connectivity index (χ4v) is 4.96. The molecular weight excluding hydrogens is 400 g/mol. The van der Waals surface area contributed by atoms with E-state index in [4.69, 9.17) is 10.5 Å². The summed E-state index contributed by atoms with van der Waals surface area (Å²) in [5.74, 6) is -0.804. The molecule has 1 heterocycles. The normalized spacial score (nSPS) is 15.1. The second kappa shape index (κ2) is 10.6. The van der Waals surface area contributed by atoms with Gasteiger partial charge in [-0.15, -0.1) is 0 Å². The van der Waals surface area contributed by atoms with Gasteiger partial charge in [0, 0.05) is 6.54 Å². The van der Waals surface area contributed by atoms with E-state index < -0.39 is 21.5 Å². The molecule has 0 unspecified atom stereocenters. The molecule has 3 rings (SSSR count). The molecule has 0 spiro atoms. The van der Waals surface area contributed by atoms with Crippen LogP contribution in [-0.4, -0.2) is 51.2 Å². The van der Waals surface area contributed by atoms with Gasteiger partial charge in [0.25, 0.3) is 0 Å². The molecule has 2 N–H and O–H groups in total. The van der Waals surface area contributed by atoms with E-state index in [1.165, 1.54) is 32.4 Å². The Morgan fingerprint density at radius 3 is 2.13 bits per heavy atom. The van der Waals surface area contributed by atoms with Gasteiger partial charge >= 0.3 is 0 Å². The molecule has 0 bridgehead atoms. The van der Waals surface area contributed by atoms with Crippen molar-refractivity contribution < 1.29 is 17.9 Å². The number of hydrogen-bond donors (Lipinski definition) is 1. The number of nitrogens with two attached hydrogens (primary N) is 1. The van der Waals surface area contributed by atoms with Crippen molar-refractivity contribution in [1.82, 2.24) is 4.90 Å². The molecule has 1 saturated heterocycles. The maximum Gasteiger partial charge on any atom is 0.232 e. The van der Waals surface area contributed by atoms with Crippen LogP contribution in [0.25, 0.3) is 11.1 Å². The van der Waals surface area contributed by atoms with Crippen LogP contribution >= 0.6 is 0 Å². The maximum atomic E-state index is 11.9. The molecule has 1 fully saturated rings. The Kier molecular flexibility index (Phi) is 7.87. The van der Waals surface area contributed by atoms with E-state index >= 15 is 0 Å². The van der Waals surface area contributed by atoms with Gasteiger partial charge < -0.3 is 15.4 Å². The number of nitrogens with zero attached hydrogens (tertiary/aromatic N) is 1. The molecule has 0 atom stereocenters. The molecule has 1 amide bonds. The first-order chi connectivity index (χ1) is 14.4. The van der Waals surface area contributed by atoms with Crippen LogP contribution in [0, 0.1) is 0 Å². The average molecular weight is 431 g/mol. The van der Waals surface area contributed by atoms with Gasteiger partial charge in [-0.2, -0.15) is 0 Å². The topological polar surface area (TPSA) is 89.7 Å². The zero-order valence-electron chi connectivity index (χ0n) is 17.3. The number of hydrogen-bond acceptors (Lipinski definition) is 5. The molecule has 0 saturated carbocycles. The fraction of sp³-hybridized carbons (Fsp3) is 0.435. The summed E-state index contributed by atoms with van der Waals surface area (Å²) in [4.78, 5) is 13.4. The van der Waals surface area contributed by atoms with Gasteiger partial charge in [-0.05, 0) is 61.2 Å². The van der Waals surface area contributed by atoms with Crippen molar-refractivity contribution in [2.75, 3.05) is 32.0 Å². The van der Waals surface area contributed by atoms with Crippen LogP contribution in [0.2, 0.25) is 0 Å². The highest BCUT2D eigenvalue weighted by Crippen LogP contribution is 2.23. The minimum atomic E-state index is -3.53. The number of likely N-dealkylation sites (tertiary alicyclic amines) is 1. The van der Waals surface area contributed by atoms with Gasteiger partial charge in [-0.1, -0.05) is 42.8 Å². The summed E-state index contributed by atoms with van der Waals surface area (Å²) < 4.78 is 29.6. The highest BCUT2D eigenvalue weighted by molar-refractivity contribution is 7.91. The third-order valence-corrected chi connectivity index (χ3v) is 6.72. The number of piperidine rings is 1. The molecule has 30 heavy (non-hydrogen) atoms. The molecule has 162 valence electrons. The summed E-state index contributed by atoms with van der Waals surface area (Å²) >= 11 is 0. The Labute approximate surface area is 178 Å². The van der Waals surface area contributed by atoms with Crippen molar-refractivity contribution in [3.63, 3.8) is 0 Å². The van der Waals surface area contributed by atoms with Gasteiger partial charge in [0.2, 0.25) is 5.91 Å². The van der Waals surface area contributed by atoms with E-state index in [0.29, 0.717) is 12.2 Å². The van der Waals surface area contributed by atoms with Crippen molar-refractivity contribution in [2.24, 2.45) is 5.73 Å². The van der Waals surface area contributed by atoms with Crippen LogP contribution in [0.4, 0.5) is 0 Å². The van der Waals surface area contributed by atoms with Crippen LogP contribution in [0.15, 0.2) is 48.5 Å². The predicted molar refractivity (Wildman–Crippen MR) is 119 cm³/mol. The molecule has 2 aromatic carbocycles. The van der Waals surface area contributed by atoms with E-state index in [0.717, 1.165) is 29.8 Å². The van der Waals surface area contributed by atoms with Crippen molar-refractivity contribution in [1.29, 1.82) is 0 Å². The number of ether oxygens (including phenoxy) is 1. The molecule has 1 aliphatic heterocycles. The number of carbonyl (C=O) groups is 1. The van der Waals surface area contributed by atoms with E-state index in [1.54, 1.807) is 12.1 Å². The Bertz CT molecular complexity index is 919. The first kappa shape index (κ1) is 22.3. The summed E-state index contributed by atoms with van der Waals surface area (Å²) in [7, 11) is -3.53. The van der Waals surface area contributed by atoms with E-state index in [1.807, 2.05) is 36.4 Å². The zero-order chi connectivity index (χ0) is 21.4. The van der Waals surface area contributed by atoms with E-state index in [-0.39, 0.29) is 5.75 Å². The number of rotatable bonds is 10. The smallest absolute Gasteiger partial charge is 0.232 e. The minimum Gasteiger partial charge on any atom is -0.494 e. The monoisotopic (exact) mass is 430 g/mol. The van der Waals surface area contributed by atoms with Crippen LogP contribution in [0.1, 0.15) is 31.2 Å². The van der Waals surface area contributed by atoms with Crippen LogP contribution in [-0.2, 0) is 20.4 Å². The average Bonchev–Trinajstić information content (AvgIpc) is 2.72. The molecule has 7 heteroatoms. The van der Waals surface area contributed by atoms with E-state index in [2.05, 4.69) is 4.90 Å². The second-order valence-corrected chi connectivity index (χ2v) is 9.89. The van der Waals surface area contributed by atoms with Gasteiger partial charge in [-0.25, -0.2) is 8.42 Å². The number of amides is 1. The number of primary amides is 1. The Morgan fingerprint density at radius 2 is 1.53 bits per heavy atom. The number of carbonyl (C=O) groups excluding carboxylic acids is 1. The lowest BCUT2D eigenvalue weighted by Crippen LogP contribution is -2.31. The molecule has 1 aliphatic rings. The maximum absolute atomic E-state index is 11.9. The fourth-order valence-electron chi connectivity index (χ4n) is 3.72. The predicted octanol–water partition coefficient (Wildman–Crippen LogP) is 3.01. The number of benzene rings is 2. The van der Waals surface area contributed by atoms with Crippen molar-refractivity contribution in [3.05, 3.63) is 54.1 Å². The zero-order valence-corrected chi connectivity index (χ0v) is 18.1. The van der Waals surface area contributed by atoms with E-state index in [9.17, 15) is 13.2 Å². The molecule has 2 aromatic rings. The van der Waals surface area contributed by atoms with Crippen molar-refractivity contribution >= 4 is 15.7 Å². The third-order valence-electron chi connectivity index (χ3n) is 5.23. The highest BCUT2D eigenvalue weighted by atomic mass is 32.2. The molecule has 0 aliphatic carbocycles. The van der Waals surface area contributed by atoms with Crippen molar-refractivity contribution in [3.8, 4) is 16.9 Å². The standard InChI is InChI=1S/C23H30N2O4S/c24-23(26)18-30(27,28)17-19-5-7-20(8-6-19)21-9-11-22(12-10-21)29-16-4-15-25-13-2-1-3-14-25/h5-12H,1-4,13-18H2,(H2,24,26). The highest BCUT2D eigenvalue weighted by Gasteiger charge is 2.15. The van der Waals surface area contributed by atoms with Gasteiger partial charge in [0.05, 0.1) is 12.4 Å². The SMILES string of the molecule is NC(=O)CS(=O)(=O)Cc1ccc(-c2ccc(OCCCN3CCCCC3)cc2)cc1. The summed E-state index contributed by atoms with van der Waals surface area (Å²) in [6.45, 7) is 4.24. The quantitative estimate of drug-likeness (QED) is 0.585. The first-order valence-corrected chi connectivity index (χ1v) is 12.3. The lowest BCUT2D eigenvalue weighted by atomic mass is 10.0. The lowest BCUT2D eigenvalue weighted by Gasteiger charge is -2.26. The summed E-state index contributed by atoms with van der Waals surface area (Å²) in [6, 6.07) is 15.2. The van der Waals surface area contributed by atoms with Crippen LogP contribution in [0.5, 0.6) is 5.75 Å². The Balaban J connectivity index is 1.48. The second-order valence-electron chi connectivity index (χ2n) is 7.82. The van der Waals surface area contributed by atoms with Crippen molar-refractivity contribution in [2.45, 2.75) is 31.4 Å². The first-order valence-electron chi connectivity index (χ1n) is 10.4. The van der Waals surface area contributed by atoms with Gasteiger partial charge in [0.15, 0.2) is 9.84 Å². The molecule has 0 aromatic heterocycles. The Hall–Kier alpha value is -2.38. The summed E-state index contributed by atoms with van der Waals surface area (Å²) in [6.07, 6.45) is 5.01. The minimum absolute atomic E-state index is 0.194. The molecule has 6 nitrogen and oxygen atoms in total. The van der Waals surface area contributed by atoms with Gasteiger partial charge in [-0.3, -0.25) is 4.79 Å². The summed E-state index contributed by atoms with van der Waals surface area (Å²) in [5, 5.41) is 0. The third kappa shape index (κ3) is 7.15. The Morgan fingerprint density at radius 1 is 0.933 bits per heavy atom. The number of sulfone groups is 1.